The Morgan fingerprint density at radius 2 is 1.61 bits per heavy atom. The van der Waals surface area contributed by atoms with Crippen molar-refractivity contribution in [2.24, 2.45) is 0 Å². The number of carbonyl (C=O) groups is 3. The van der Waals surface area contributed by atoms with Crippen molar-refractivity contribution in [1.82, 2.24) is 15.0 Å². The van der Waals surface area contributed by atoms with E-state index in [2.05, 4.69) is 24.4 Å². The SMILES string of the molecule is COC(=O)c1nc(N)nc(C(=O)OC)c1C(=O)c1cccnc1. The molecule has 0 aliphatic carbocycles. The second kappa shape index (κ2) is 6.60. The van der Waals surface area contributed by atoms with Crippen molar-refractivity contribution in [3.8, 4) is 0 Å². The normalized spacial score (nSPS) is 10.0. The lowest BCUT2D eigenvalue weighted by Gasteiger charge is -2.11. The van der Waals surface area contributed by atoms with Crippen LogP contribution in [0.25, 0.3) is 0 Å². The zero-order valence-corrected chi connectivity index (χ0v) is 12.3. The van der Waals surface area contributed by atoms with E-state index < -0.39 is 29.1 Å². The number of hydrogen-bond acceptors (Lipinski definition) is 9. The highest BCUT2D eigenvalue weighted by Crippen LogP contribution is 2.19. The summed E-state index contributed by atoms with van der Waals surface area (Å²) in [7, 11) is 2.22. The van der Waals surface area contributed by atoms with Gasteiger partial charge in [-0.25, -0.2) is 19.6 Å². The second-order valence-electron chi connectivity index (χ2n) is 4.21. The van der Waals surface area contributed by atoms with Crippen LogP contribution in [0.15, 0.2) is 24.5 Å². The molecule has 0 unspecified atom stereocenters. The Morgan fingerprint density at radius 1 is 1.04 bits per heavy atom. The second-order valence-corrected chi connectivity index (χ2v) is 4.21. The molecule has 0 aliphatic rings. The number of ketones is 1. The molecule has 0 aromatic carbocycles. The molecule has 9 heteroatoms. The molecule has 0 amide bonds. The van der Waals surface area contributed by atoms with E-state index in [0.717, 1.165) is 14.2 Å². The molecule has 23 heavy (non-hydrogen) atoms. The monoisotopic (exact) mass is 316 g/mol. The molecule has 0 saturated heterocycles. The lowest BCUT2D eigenvalue weighted by Crippen LogP contribution is -2.22. The average Bonchev–Trinajstić information content (AvgIpc) is 2.59. The lowest BCUT2D eigenvalue weighted by molar-refractivity contribution is 0.0583. The fourth-order valence-electron chi connectivity index (χ4n) is 1.82. The van der Waals surface area contributed by atoms with Crippen molar-refractivity contribution in [2.75, 3.05) is 20.0 Å². The molecule has 0 spiro atoms. The number of ether oxygens (including phenoxy) is 2. The third-order valence-electron chi connectivity index (χ3n) is 2.83. The van der Waals surface area contributed by atoms with Gasteiger partial charge in [0.25, 0.3) is 0 Å². The molecule has 0 saturated carbocycles. The van der Waals surface area contributed by atoms with Gasteiger partial charge < -0.3 is 15.2 Å². The van der Waals surface area contributed by atoms with Crippen LogP contribution >= 0.6 is 0 Å². The van der Waals surface area contributed by atoms with E-state index in [-0.39, 0.29) is 17.1 Å². The molecule has 9 nitrogen and oxygen atoms in total. The van der Waals surface area contributed by atoms with Crippen LogP contribution in [0.3, 0.4) is 0 Å². The number of rotatable bonds is 4. The van der Waals surface area contributed by atoms with Gasteiger partial charge in [-0.15, -0.1) is 0 Å². The number of nitrogens with two attached hydrogens (primary N) is 1. The Bertz CT molecular complexity index is 739. The zero-order chi connectivity index (χ0) is 17.0. The Hall–Kier alpha value is -3.36. The van der Waals surface area contributed by atoms with E-state index >= 15 is 0 Å². The number of anilines is 1. The maximum atomic E-state index is 12.7. The summed E-state index contributed by atoms with van der Waals surface area (Å²) >= 11 is 0. The molecule has 0 bridgehead atoms. The fraction of sp³-hybridized carbons (Fsp3) is 0.143. The summed E-state index contributed by atoms with van der Waals surface area (Å²) in [4.78, 5) is 47.7. The lowest BCUT2D eigenvalue weighted by atomic mass is 10.0. The third kappa shape index (κ3) is 3.12. The van der Waals surface area contributed by atoms with Crippen molar-refractivity contribution in [1.29, 1.82) is 0 Å². The highest BCUT2D eigenvalue weighted by molar-refractivity contribution is 6.18. The van der Waals surface area contributed by atoms with Gasteiger partial charge in [0.05, 0.1) is 19.8 Å². The van der Waals surface area contributed by atoms with Crippen LogP contribution in [0, 0.1) is 0 Å². The molecular formula is C14H12N4O5. The summed E-state index contributed by atoms with van der Waals surface area (Å²) in [5.41, 5.74) is 4.43. The summed E-state index contributed by atoms with van der Waals surface area (Å²) in [5.74, 6) is -2.92. The van der Waals surface area contributed by atoms with Crippen LogP contribution in [0.1, 0.15) is 36.9 Å². The van der Waals surface area contributed by atoms with Crippen LogP contribution in [0.5, 0.6) is 0 Å². The van der Waals surface area contributed by atoms with Gasteiger partial charge >= 0.3 is 11.9 Å². The highest BCUT2D eigenvalue weighted by atomic mass is 16.5. The van der Waals surface area contributed by atoms with Crippen molar-refractivity contribution < 1.29 is 23.9 Å². The van der Waals surface area contributed by atoms with Gasteiger partial charge in [0, 0.05) is 18.0 Å². The van der Waals surface area contributed by atoms with E-state index in [1.807, 2.05) is 0 Å². The first-order chi connectivity index (χ1) is 11.0. The van der Waals surface area contributed by atoms with Gasteiger partial charge in [-0.3, -0.25) is 9.78 Å². The predicted molar refractivity (Wildman–Crippen MR) is 76.8 cm³/mol. The van der Waals surface area contributed by atoms with Gasteiger partial charge in [-0.1, -0.05) is 0 Å². The van der Waals surface area contributed by atoms with Crippen molar-refractivity contribution in [3.63, 3.8) is 0 Å². The summed E-state index contributed by atoms with van der Waals surface area (Å²) < 4.78 is 9.16. The molecule has 0 fully saturated rings. The Morgan fingerprint density at radius 3 is 2.04 bits per heavy atom. The van der Waals surface area contributed by atoms with Crippen LogP contribution in [0.4, 0.5) is 5.95 Å². The van der Waals surface area contributed by atoms with E-state index in [0.29, 0.717) is 0 Å². The number of nitrogen functional groups attached to an aromatic ring is 1. The number of methoxy groups -OCH3 is 2. The minimum absolute atomic E-state index is 0.135. The molecule has 0 atom stereocenters. The first-order valence-electron chi connectivity index (χ1n) is 6.28. The number of aromatic nitrogens is 3. The first kappa shape index (κ1) is 16.0. The standard InChI is InChI=1S/C14H12N4O5/c1-22-12(20)9-8(11(19)7-4-3-5-16-6-7)10(13(21)23-2)18-14(15)17-9/h3-6H,1-2H3,(H2,15,17,18). The quantitative estimate of drug-likeness (QED) is 0.622. The molecular weight excluding hydrogens is 304 g/mol. The number of esters is 2. The fourth-order valence-corrected chi connectivity index (χ4v) is 1.82. The zero-order valence-electron chi connectivity index (χ0n) is 12.3. The van der Waals surface area contributed by atoms with Crippen LogP contribution in [-0.4, -0.2) is 46.9 Å². The average molecular weight is 316 g/mol. The molecule has 0 aliphatic heterocycles. The van der Waals surface area contributed by atoms with Gasteiger partial charge in [0.2, 0.25) is 5.95 Å². The number of hydrogen-bond donors (Lipinski definition) is 1. The molecule has 2 aromatic rings. The van der Waals surface area contributed by atoms with E-state index in [1.165, 1.54) is 24.5 Å². The highest BCUT2D eigenvalue weighted by Gasteiger charge is 2.30. The first-order valence-corrected chi connectivity index (χ1v) is 6.28. The molecule has 2 heterocycles. The third-order valence-corrected chi connectivity index (χ3v) is 2.83. The summed E-state index contributed by atoms with van der Waals surface area (Å²) in [6.07, 6.45) is 2.75. The minimum Gasteiger partial charge on any atom is -0.464 e. The van der Waals surface area contributed by atoms with Crippen LogP contribution in [0.2, 0.25) is 0 Å². The Balaban J connectivity index is 2.74. The number of carbonyl (C=O) groups excluding carboxylic acids is 3. The summed E-state index contributed by atoms with van der Waals surface area (Å²) in [6.45, 7) is 0. The smallest absolute Gasteiger partial charge is 0.357 e. The number of nitrogens with zero attached hydrogens (tertiary/aromatic N) is 3. The topological polar surface area (TPSA) is 134 Å². The molecule has 2 rings (SSSR count). The van der Waals surface area contributed by atoms with Crippen molar-refractivity contribution >= 4 is 23.7 Å². The molecule has 0 radical (unpaired) electrons. The van der Waals surface area contributed by atoms with Crippen molar-refractivity contribution in [3.05, 3.63) is 47.0 Å². The summed E-state index contributed by atoms with van der Waals surface area (Å²) in [6, 6.07) is 2.99. The maximum Gasteiger partial charge on any atom is 0.357 e. The van der Waals surface area contributed by atoms with E-state index in [1.54, 1.807) is 0 Å². The number of pyridine rings is 1. The predicted octanol–water partition coefficient (Wildman–Crippen LogP) is 0.258. The van der Waals surface area contributed by atoms with Gasteiger partial charge in [0.1, 0.15) is 0 Å². The van der Waals surface area contributed by atoms with Gasteiger partial charge in [-0.2, -0.15) is 0 Å². The molecule has 2 aromatic heterocycles. The molecule has 2 N–H and O–H groups in total. The van der Waals surface area contributed by atoms with Gasteiger partial charge in [0.15, 0.2) is 17.2 Å². The van der Waals surface area contributed by atoms with E-state index in [4.69, 9.17) is 5.73 Å². The largest absolute Gasteiger partial charge is 0.464 e. The maximum absolute atomic E-state index is 12.7. The summed E-state index contributed by atoms with van der Waals surface area (Å²) in [5, 5.41) is 0. The van der Waals surface area contributed by atoms with Crippen LogP contribution in [-0.2, 0) is 9.47 Å². The van der Waals surface area contributed by atoms with Crippen molar-refractivity contribution in [2.45, 2.75) is 0 Å². The van der Waals surface area contributed by atoms with Gasteiger partial charge in [-0.05, 0) is 12.1 Å². The van der Waals surface area contributed by atoms with E-state index in [9.17, 15) is 14.4 Å². The Labute approximate surface area is 130 Å². The van der Waals surface area contributed by atoms with Crippen LogP contribution < -0.4 is 5.73 Å². The Kier molecular flexibility index (Phi) is 4.60. The molecule has 118 valence electrons. The minimum atomic E-state index is -0.934.